The molecule has 2 heterocycles. The van der Waals surface area contributed by atoms with Crippen LogP contribution in [0.3, 0.4) is 0 Å². The first-order valence-electron chi connectivity index (χ1n) is 9.26. The SMILES string of the molecule is Cn1c(=O)n(CC(C)(C)C)c2ccc(-c3cc(C(C)(C)O)ccc3C#N)nc21. The van der Waals surface area contributed by atoms with Crippen molar-refractivity contribution in [2.45, 2.75) is 46.8 Å². The third-order valence-corrected chi connectivity index (χ3v) is 4.74. The number of rotatable bonds is 3. The maximum Gasteiger partial charge on any atom is 0.330 e. The van der Waals surface area contributed by atoms with Gasteiger partial charge in [0.1, 0.15) is 0 Å². The van der Waals surface area contributed by atoms with Crippen LogP contribution < -0.4 is 5.69 Å². The summed E-state index contributed by atoms with van der Waals surface area (Å²) >= 11 is 0. The highest BCUT2D eigenvalue weighted by molar-refractivity contribution is 5.78. The van der Waals surface area contributed by atoms with E-state index in [1.165, 1.54) is 4.57 Å². The van der Waals surface area contributed by atoms with Gasteiger partial charge in [0.2, 0.25) is 0 Å². The molecule has 0 saturated carbocycles. The van der Waals surface area contributed by atoms with Crippen LogP contribution in [-0.4, -0.2) is 19.2 Å². The number of hydrogen-bond acceptors (Lipinski definition) is 4. The summed E-state index contributed by atoms with van der Waals surface area (Å²) in [5.41, 5.74) is 2.55. The Morgan fingerprint density at radius 1 is 1.14 bits per heavy atom. The lowest BCUT2D eigenvalue weighted by molar-refractivity contribution is 0.0786. The van der Waals surface area contributed by atoms with Crippen molar-refractivity contribution in [1.29, 1.82) is 5.26 Å². The number of imidazole rings is 1. The molecule has 0 aliphatic carbocycles. The van der Waals surface area contributed by atoms with Crippen molar-refractivity contribution in [3.05, 3.63) is 51.9 Å². The van der Waals surface area contributed by atoms with Gasteiger partial charge in [-0.15, -0.1) is 0 Å². The van der Waals surface area contributed by atoms with E-state index in [-0.39, 0.29) is 11.1 Å². The summed E-state index contributed by atoms with van der Waals surface area (Å²) in [5, 5.41) is 19.9. The van der Waals surface area contributed by atoms with Crippen molar-refractivity contribution in [2.75, 3.05) is 0 Å². The van der Waals surface area contributed by atoms with Crippen molar-refractivity contribution in [3.8, 4) is 17.3 Å². The van der Waals surface area contributed by atoms with Gasteiger partial charge in [0, 0.05) is 19.2 Å². The quantitative estimate of drug-likeness (QED) is 0.755. The molecule has 0 radical (unpaired) electrons. The molecule has 0 atom stereocenters. The van der Waals surface area contributed by atoms with E-state index in [0.29, 0.717) is 34.6 Å². The number of aromatic nitrogens is 3. The van der Waals surface area contributed by atoms with E-state index in [2.05, 4.69) is 26.8 Å². The molecule has 3 aromatic rings. The second-order valence-electron chi connectivity index (χ2n) is 8.96. The lowest BCUT2D eigenvalue weighted by Crippen LogP contribution is -2.27. The van der Waals surface area contributed by atoms with Crippen LogP contribution in [0.25, 0.3) is 22.4 Å². The second kappa shape index (κ2) is 6.61. The molecule has 0 aliphatic rings. The molecule has 1 N–H and O–H groups in total. The van der Waals surface area contributed by atoms with Gasteiger partial charge in [-0.3, -0.25) is 9.13 Å². The summed E-state index contributed by atoms with van der Waals surface area (Å²) in [6, 6.07) is 11.1. The van der Waals surface area contributed by atoms with Crippen LogP contribution in [0.2, 0.25) is 0 Å². The average Bonchev–Trinajstić information content (AvgIpc) is 2.83. The molecule has 0 amide bonds. The molecular weight excluding hydrogens is 352 g/mol. The smallest absolute Gasteiger partial charge is 0.330 e. The minimum absolute atomic E-state index is 0.0498. The van der Waals surface area contributed by atoms with E-state index in [1.54, 1.807) is 43.7 Å². The van der Waals surface area contributed by atoms with E-state index in [9.17, 15) is 15.2 Å². The molecule has 28 heavy (non-hydrogen) atoms. The summed E-state index contributed by atoms with van der Waals surface area (Å²) in [5.74, 6) is 0. The third-order valence-electron chi connectivity index (χ3n) is 4.74. The highest BCUT2D eigenvalue weighted by atomic mass is 16.3. The number of pyridine rings is 1. The van der Waals surface area contributed by atoms with Crippen LogP contribution in [0, 0.1) is 16.7 Å². The maximum atomic E-state index is 12.7. The predicted octanol–water partition coefficient (Wildman–Crippen LogP) is 3.55. The zero-order valence-electron chi connectivity index (χ0n) is 17.2. The fraction of sp³-hybridized carbons (Fsp3) is 0.409. The van der Waals surface area contributed by atoms with Gasteiger partial charge < -0.3 is 5.11 Å². The first kappa shape index (κ1) is 19.8. The summed E-state index contributed by atoms with van der Waals surface area (Å²) in [6.45, 7) is 10.2. The zero-order chi connectivity index (χ0) is 20.9. The summed E-state index contributed by atoms with van der Waals surface area (Å²) in [6.07, 6.45) is 0. The fourth-order valence-electron chi connectivity index (χ4n) is 3.28. The van der Waals surface area contributed by atoms with Crippen LogP contribution in [0.4, 0.5) is 0 Å². The molecule has 0 spiro atoms. The monoisotopic (exact) mass is 378 g/mol. The Balaban J connectivity index is 2.23. The van der Waals surface area contributed by atoms with Crippen molar-refractivity contribution >= 4 is 11.2 Å². The topological polar surface area (TPSA) is 83.8 Å². The number of fused-ring (bicyclic) bond motifs is 1. The van der Waals surface area contributed by atoms with E-state index < -0.39 is 5.60 Å². The first-order chi connectivity index (χ1) is 12.9. The fourth-order valence-corrected chi connectivity index (χ4v) is 3.28. The van der Waals surface area contributed by atoms with E-state index in [4.69, 9.17) is 4.98 Å². The molecule has 6 nitrogen and oxygen atoms in total. The van der Waals surface area contributed by atoms with Gasteiger partial charge >= 0.3 is 5.69 Å². The lowest BCUT2D eigenvalue weighted by Gasteiger charge is -2.19. The van der Waals surface area contributed by atoms with Crippen LogP contribution in [0.15, 0.2) is 35.1 Å². The number of aliphatic hydroxyl groups is 1. The van der Waals surface area contributed by atoms with Gasteiger partial charge in [-0.05, 0) is 49.1 Å². The predicted molar refractivity (Wildman–Crippen MR) is 110 cm³/mol. The maximum absolute atomic E-state index is 12.7. The normalized spacial score (nSPS) is 12.4. The third kappa shape index (κ3) is 3.58. The van der Waals surface area contributed by atoms with Crippen LogP contribution in [-0.2, 0) is 19.2 Å². The number of aryl methyl sites for hydroxylation is 1. The Morgan fingerprint density at radius 2 is 1.82 bits per heavy atom. The van der Waals surface area contributed by atoms with Gasteiger partial charge in [-0.2, -0.15) is 5.26 Å². The summed E-state index contributed by atoms with van der Waals surface area (Å²) in [4.78, 5) is 17.4. The number of nitriles is 1. The van der Waals surface area contributed by atoms with Gasteiger partial charge in [-0.1, -0.05) is 26.8 Å². The minimum Gasteiger partial charge on any atom is -0.386 e. The molecule has 3 rings (SSSR count). The first-order valence-corrected chi connectivity index (χ1v) is 9.26. The summed E-state index contributed by atoms with van der Waals surface area (Å²) in [7, 11) is 1.71. The minimum atomic E-state index is -1.03. The lowest BCUT2D eigenvalue weighted by atomic mass is 9.93. The van der Waals surface area contributed by atoms with Gasteiger partial charge in [0.25, 0.3) is 0 Å². The standard InChI is InChI=1S/C22H26N4O2/c1-21(2,3)13-26-18-10-9-17(24-19(18)25(6)20(26)27)16-11-15(22(4,5)28)8-7-14(16)12-23/h7-11,28H,13H2,1-6H3. The van der Waals surface area contributed by atoms with Crippen molar-refractivity contribution in [2.24, 2.45) is 12.5 Å². The molecule has 0 unspecified atom stereocenters. The van der Waals surface area contributed by atoms with E-state index >= 15 is 0 Å². The zero-order valence-corrected chi connectivity index (χ0v) is 17.2. The number of nitrogens with zero attached hydrogens (tertiary/aromatic N) is 4. The Labute approximate surface area is 164 Å². The molecule has 0 saturated heterocycles. The molecule has 0 aliphatic heterocycles. The number of hydrogen-bond donors (Lipinski definition) is 1. The van der Waals surface area contributed by atoms with Crippen molar-refractivity contribution < 1.29 is 5.11 Å². The van der Waals surface area contributed by atoms with E-state index in [0.717, 1.165) is 5.52 Å². The second-order valence-corrected chi connectivity index (χ2v) is 8.96. The molecule has 1 aromatic carbocycles. The molecule has 2 aromatic heterocycles. The molecule has 6 heteroatoms. The molecular formula is C22H26N4O2. The molecule has 146 valence electrons. The summed E-state index contributed by atoms with van der Waals surface area (Å²) < 4.78 is 3.28. The van der Waals surface area contributed by atoms with Crippen molar-refractivity contribution in [1.82, 2.24) is 14.1 Å². The molecule has 0 fully saturated rings. The highest BCUT2D eigenvalue weighted by Gasteiger charge is 2.21. The van der Waals surface area contributed by atoms with Gasteiger partial charge in [0.05, 0.1) is 28.4 Å². The Bertz CT molecular complexity index is 1150. The Hall–Kier alpha value is -2.91. The van der Waals surface area contributed by atoms with Crippen LogP contribution in [0.5, 0.6) is 0 Å². The number of benzene rings is 1. The van der Waals surface area contributed by atoms with Crippen LogP contribution >= 0.6 is 0 Å². The Kier molecular flexibility index (Phi) is 4.68. The largest absolute Gasteiger partial charge is 0.386 e. The van der Waals surface area contributed by atoms with E-state index in [1.807, 2.05) is 12.1 Å². The van der Waals surface area contributed by atoms with Crippen molar-refractivity contribution in [3.63, 3.8) is 0 Å². The van der Waals surface area contributed by atoms with Gasteiger partial charge in [-0.25, -0.2) is 9.78 Å². The highest BCUT2D eigenvalue weighted by Crippen LogP contribution is 2.29. The van der Waals surface area contributed by atoms with Crippen LogP contribution in [0.1, 0.15) is 45.7 Å². The van der Waals surface area contributed by atoms with Gasteiger partial charge in [0.15, 0.2) is 5.65 Å². The Morgan fingerprint density at radius 3 is 2.39 bits per heavy atom. The average molecular weight is 378 g/mol. The molecule has 0 bridgehead atoms.